The van der Waals surface area contributed by atoms with Crippen LogP contribution in [0.4, 0.5) is 4.39 Å². The fourth-order valence-corrected chi connectivity index (χ4v) is 15.2. The van der Waals surface area contributed by atoms with Crippen molar-refractivity contribution in [3.05, 3.63) is 46.5 Å². The second-order valence-corrected chi connectivity index (χ2v) is 16.7. The number of halogens is 1. The van der Waals surface area contributed by atoms with E-state index >= 15 is 0 Å². The molecule has 0 nitrogen and oxygen atoms in total. The molecule has 0 amide bonds. The molecule has 1 aromatic rings. The highest BCUT2D eigenvalue weighted by Crippen LogP contribution is 2.39. The van der Waals surface area contributed by atoms with Crippen LogP contribution in [0.15, 0.2) is 29.1 Å². The Morgan fingerprint density at radius 1 is 1.06 bits per heavy atom. The fourth-order valence-electron chi connectivity index (χ4n) is 3.19. The van der Waals surface area contributed by atoms with Crippen molar-refractivity contribution in [2.24, 2.45) is 0 Å². The summed E-state index contributed by atoms with van der Waals surface area (Å²) in [5, 5.41) is 0. The van der Waals surface area contributed by atoms with Crippen LogP contribution in [0.5, 0.6) is 0 Å². The summed E-state index contributed by atoms with van der Waals surface area (Å²) >= 11 is 0. The molecule has 0 atom stereocenters. The highest BCUT2D eigenvalue weighted by atomic mass is 28.4. The van der Waals surface area contributed by atoms with E-state index in [0.717, 1.165) is 5.56 Å². The van der Waals surface area contributed by atoms with Gasteiger partial charge in [-0.25, -0.2) is 0 Å². The first-order valence-corrected chi connectivity index (χ1v) is 13.1. The molecule has 0 bridgehead atoms. The van der Waals surface area contributed by atoms with E-state index in [1.165, 1.54) is 24.6 Å². The summed E-state index contributed by atoms with van der Waals surface area (Å²) < 4.78 is 13.3. The van der Waals surface area contributed by atoms with Gasteiger partial charge in [0.25, 0.3) is 0 Å². The minimum absolute atomic E-state index is 0.157. The predicted octanol–water partition coefficient (Wildman–Crippen LogP) is 4.80. The van der Waals surface area contributed by atoms with Crippen molar-refractivity contribution in [1.29, 1.82) is 0 Å². The maximum atomic E-state index is 13.3. The lowest BCUT2D eigenvalue weighted by Gasteiger charge is -2.38. The van der Waals surface area contributed by atoms with E-state index in [0.29, 0.717) is 0 Å². The van der Waals surface area contributed by atoms with E-state index in [-0.39, 0.29) is 5.82 Å². The van der Waals surface area contributed by atoms with Gasteiger partial charge in [0.15, 0.2) is 11.4 Å². The van der Waals surface area contributed by atoms with Gasteiger partial charge in [-0.2, -0.15) is 4.39 Å². The molecule has 3 heteroatoms. The molecular formula is C15H22FSi2+. The Hall–Kier alpha value is -0.766. The summed E-state index contributed by atoms with van der Waals surface area (Å²) in [6.07, 6.45) is 4.98. The van der Waals surface area contributed by atoms with Crippen LogP contribution in [0.25, 0.3) is 0 Å². The lowest BCUT2D eigenvalue weighted by Crippen LogP contribution is -2.48. The summed E-state index contributed by atoms with van der Waals surface area (Å²) in [5.41, 5.74) is 0.924. The molecule has 96 valence electrons. The largest absolute Gasteiger partial charge is 0.191 e. The van der Waals surface area contributed by atoms with Crippen molar-refractivity contribution >= 4 is 16.1 Å². The maximum Gasteiger partial charge on any atom is 0.190 e. The molecule has 1 heterocycles. The zero-order valence-corrected chi connectivity index (χ0v) is 13.8. The monoisotopic (exact) mass is 277 g/mol. The van der Waals surface area contributed by atoms with E-state index in [4.69, 9.17) is 0 Å². The summed E-state index contributed by atoms with van der Waals surface area (Å²) in [5.74, 6) is -0.157. The average molecular weight is 278 g/mol. The van der Waals surface area contributed by atoms with E-state index in [1.807, 2.05) is 6.07 Å². The second kappa shape index (κ2) is 4.73. The van der Waals surface area contributed by atoms with Gasteiger partial charge in [0.1, 0.15) is 0 Å². The predicted molar refractivity (Wildman–Crippen MR) is 81.5 cm³/mol. The number of hydrogen-bond acceptors (Lipinski definition) is 0. The average Bonchev–Trinajstić information content (AvgIpc) is 2.23. The van der Waals surface area contributed by atoms with Crippen molar-refractivity contribution in [1.82, 2.24) is 0 Å². The molecule has 0 spiro atoms. The molecule has 0 aromatic heterocycles. The third-order valence-corrected chi connectivity index (χ3v) is 14.3. The van der Waals surface area contributed by atoms with Gasteiger partial charge in [0.2, 0.25) is 0 Å². The molecule has 1 fully saturated rings. The van der Waals surface area contributed by atoms with Crippen molar-refractivity contribution in [2.45, 2.75) is 44.7 Å². The molecule has 0 radical (unpaired) electrons. The Morgan fingerprint density at radius 3 is 2.22 bits per heavy atom. The topological polar surface area (TPSA) is 0 Å². The lowest BCUT2D eigenvalue weighted by molar-refractivity contribution is 0.627. The maximum absolute atomic E-state index is 13.3. The molecule has 18 heavy (non-hydrogen) atoms. The van der Waals surface area contributed by atoms with Gasteiger partial charge in [-0.15, -0.1) is 0 Å². The Kier molecular flexibility index (Phi) is 3.59. The molecule has 1 aliphatic heterocycles. The molecule has 0 saturated carbocycles. The zero-order chi connectivity index (χ0) is 13.4. The molecule has 0 N–H and O–H groups in total. The highest BCUT2D eigenvalue weighted by molar-refractivity contribution is 7.06. The van der Waals surface area contributed by atoms with Crippen LogP contribution >= 0.6 is 0 Å². The standard InChI is InChI=1S/C15H22FSi2/c1-17(2)9-6-10-18(3,4)15(17)12-13-7-5-8-14(16)11-13/h5,7-8,11H,6,9-10H2,1-4H3/q+1. The molecule has 0 unspecified atom stereocenters. The van der Waals surface area contributed by atoms with Crippen LogP contribution < -0.4 is 0 Å². The Balaban J connectivity index is 2.45. The van der Waals surface area contributed by atoms with Crippen LogP contribution in [0, 0.1) is 11.9 Å². The third-order valence-electron chi connectivity index (χ3n) is 4.05. The molecule has 1 saturated heterocycles. The van der Waals surface area contributed by atoms with Crippen LogP contribution in [0.1, 0.15) is 12.0 Å². The SMILES string of the molecule is C[Si]1(C)CCC[Si](C)(C)C1=[C+]c1cccc(F)c1. The molecule has 2 rings (SSSR count). The first kappa shape index (κ1) is 13.7. The number of benzene rings is 1. The van der Waals surface area contributed by atoms with Crippen LogP contribution in [0.2, 0.25) is 38.3 Å². The van der Waals surface area contributed by atoms with Crippen molar-refractivity contribution in [3.8, 4) is 0 Å². The molecular weight excluding hydrogens is 255 g/mol. The highest BCUT2D eigenvalue weighted by Gasteiger charge is 2.44. The van der Waals surface area contributed by atoms with Gasteiger partial charge >= 0.3 is 0 Å². The summed E-state index contributed by atoms with van der Waals surface area (Å²) in [4.78, 5) is 1.60. The van der Waals surface area contributed by atoms with Gasteiger partial charge < -0.3 is 0 Å². The van der Waals surface area contributed by atoms with Gasteiger partial charge in [-0.05, 0) is 6.07 Å². The summed E-state index contributed by atoms with van der Waals surface area (Å²) in [6.45, 7) is 9.79. The Bertz CT molecular complexity index is 457. The summed E-state index contributed by atoms with van der Waals surface area (Å²) in [6, 6.07) is 9.59. The molecule has 1 aromatic carbocycles. The first-order chi connectivity index (χ1) is 8.31. The summed E-state index contributed by atoms with van der Waals surface area (Å²) in [7, 11) is -2.62. The number of rotatable bonds is 1. The Labute approximate surface area is 112 Å². The lowest BCUT2D eigenvalue weighted by atomic mass is 10.2. The number of hydrogen-bond donors (Lipinski definition) is 0. The van der Waals surface area contributed by atoms with Crippen molar-refractivity contribution in [3.63, 3.8) is 0 Å². The van der Waals surface area contributed by atoms with E-state index in [1.54, 1.807) is 17.0 Å². The van der Waals surface area contributed by atoms with Crippen molar-refractivity contribution < 1.29 is 4.39 Å². The van der Waals surface area contributed by atoms with E-state index in [9.17, 15) is 4.39 Å². The van der Waals surface area contributed by atoms with Gasteiger partial charge in [-0.1, -0.05) is 44.7 Å². The molecule has 1 aliphatic rings. The Morgan fingerprint density at radius 2 is 1.67 bits per heavy atom. The van der Waals surface area contributed by atoms with Gasteiger partial charge in [-0.3, -0.25) is 0 Å². The minimum Gasteiger partial charge on any atom is -0.191 e. The second-order valence-electron chi connectivity index (χ2n) is 6.63. The van der Waals surface area contributed by atoms with Gasteiger partial charge in [0.05, 0.1) is 28.3 Å². The van der Waals surface area contributed by atoms with Crippen molar-refractivity contribution in [2.75, 3.05) is 0 Å². The first-order valence-electron chi connectivity index (χ1n) is 6.72. The minimum atomic E-state index is -1.31. The van der Waals surface area contributed by atoms with Crippen LogP contribution in [-0.4, -0.2) is 16.1 Å². The van der Waals surface area contributed by atoms with E-state index < -0.39 is 16.1 Å². The van der Waals surface area contributed by atoms with Gasteiger partial charge in [0, 0.05) is 17.0 Å². The van der Waals surface area contributed by atoms with Crippen LogP contribution in [0.3, 0.4) is 0 Å². The third kappa shape index (κ3) is 2.79. The fraction of sp³-hybridized carbons (Fsp3) is 0.467. The van der Waals surface area contributed by atoms with E-state index in [2.05, 4.69) is 32.3 Å². The van der Waals surface area contributed by atoms with Crippen LogP contribution in [-0.2, 0) is 0 Å². The zero-order valence-electron chi connectivity index (χ0n) is 11.8. The quantitative estimate of drug-likeness (QED) is 0.511. The smallest absolute Gasteiger partial charge is 0.190 e. The molecule has 0 aliphatic carbocycles. The normalized spacial score (nSPS) is 21.5.